The molecule has 2 heterocycles. The van der Waals surface area contributed by atoms with Crippen LogP contribution < -0.4 is 5.73 Å². The number of carbonyl (C=O) groups is 1. The van der Waals surface area contributed by atoms with Gasteiger partial charge in [-0.05, 0) is 25.0 Å². The van der Waals surface area contributed by atoms with Crippen LogP contribution in [0, 0.1) is 0 Å². The minimum absolute atomic E-state index is 0.132. The number of para-hydroxylation sites is 1. The number of aromatic amines is 1. The molecule has 3 rings (SSSR count). The standard InChI is InChI=1S/C16H18N4O3S/c1-2-22-14(21)9-24-16-20-19-15(23-16)12(17)7-10-8-18-13-6-4-3-5-11(10)13/h3-6,8,12,18H,2,7,9,17H2,1H3. The van der Waals surface area contributed by atoms with Crippen molar-refractivity contribution in [3.63, 3.8) is 0 Å². The van der Waals surface area contributed by atoms with Gasteiger partial charge >= 0.3 is 5.97 Å². The first-order valence-electron chi connectivity index (χ1n) is 7.59. The zero-order valence-electron chi connectivity index (χ0n) is 13.2. The van der Waals surface area contributed by atoms with Gasteiger partial charge in [0.2, 0.25) is 5.89 Å². The Hall–Kier alpha value is -2.32. The summed E-state index contributed by atoms with van der Waals surface area (Å²) in [5.74, 6) is 0.171. The quantitative estimate of drug-likeness (QED) is 0.500. The van der Waals surface area contributed by atoms with E-state index in [0.717, 1.165) is 28.2 Å². The fourth-order valence-corrected chi connectivity index (χ4v) is 2.94. The SMILES string of the molecule is CCOC(=O)CSc1nnc(C(N)Cc2c[nH]c3ccccc23)o1. The van der Waals surface area contributed by atoms with E-state index < -0.39 is 6.04 Å². The number of nitrogens with two attached hydrogens (primary N) is 1. The molecule has 0 saturated heterocycles. The summed E-state index contributed by atoms with van der Waals surface area (Å²) in [4.78, 5) is 14.5. The largest absolute Gasteiger partial charge is 0.465 e. The Morgan fingerprint density at radius 1 is 1.42 bits per heavy atom. The van der Waals surface area contributed by atoms with Crippen LogP contribution in [-0.4, -0.2) is 33.5 Å². The Morgan fingerprint density at radius 3 is 3.08 bits per heavy atom. The number of rotatable bonds is 7. The number of hydrogen-bond donors (Lipinski definition) is 2. The van der Waals surface area contributed by atoms with Crippen LogP contribution >= 0.6 is 11.8 Å². The maximum absolute atomic E-state index is 11.3. The molecule has 126 valence electrons. The zero-order valence-corrected chi connectivity index (χ0v) is 14.0. The molecule has 0 spiro atoms. The maximum atomic E-state index is 11.3. The Balaban J connectivity index is 1.63. The van der Waals surface area contributed by atoms with Crippen molar-refractivity contribution in [2.24, 2.45) is 5.73 Å². The first-order chi connectivity index (χ1) is 11.7. The summed E-state index contributed by atoms with van der Waals surface area (Å²) in [6.07, 6.45) is 2.52. The Labute approximate surface area is 143 Å². The predicted molar refractivity (Wildman–Crippen MR) is 90.6 cm³/mol. The van der Waals surface area contributed by atoms with Gasteiger partial charge in [-0.15, -0.1) is 10.2 Å². The molecular formula is C16H18N4O3S. The molecule has 0 fully saturated rings. The highest BCUT2D eigenvalue weighted by Gasteiger charge is 2.18. The smallest absolute Gasteiger partial charge is 0.316 e. The molecule has 0 aliphatic rings. The highest BCUT2D eigenvalue weighted by Crippen LogP contribution is 2.24. The van der Waals surface area contributed by atoms with E-state index in [0.29, 0.717) is 24.1 Å². The number of H-pyrrole nitrogens is 1. The van der Waals surface area contributed by atoms with Gasteiger partial charge in [0, 0.05) is 17.1 Å². The van der Waals surface area contributed by atoms with Crippen molar-refractivity contribution in [1.29, 1.82) is 0 Å². The van der Waals surface area contributed by atoms with E-state index in [1.807, 2.05) is 30.5 Å². The molecule has 0 radical (unpaired) electrons. The third-order valence-electron chi connectivity index (χ3n) is 3.47. The van der Waals surface area contributed by atoms with Crippen molar-refractivity contribution in [2.75, 3.05) is 12.4 Å². The third-order valence-corrected chi connectivity index (χ3v) is 4.26. The number of fused-ring (bicyclic) bond motifs is 1. The topological polar surface area (TPSA) is 107 Å². The lowest BCUT2D eigenvalue weighted by Gasteiger charge is -2.05. The van der Waals surface area contributed by atoms with Crippen LogP contribution in [0.15, 0.2) is 40.1 Å². The molecule has 3 N–H and O–H groups in total. The van der Waals surface area contributed by atoms with Gasteiger partial charge in [-0.1, -0.05) is 30.0 Å². The van der Waals surface area contributed by atoms with Crippen molar-refractivity contribution in [3.05, 3.63) is 41.9 Å². The molecule has 7 nitrogen and oxygen atoms in total. The molecule has 3 aromatic rings. The van der Waals surface area contributed by atoms with Crippen LogP contribution in [0.2, 0.25) is 0 Å². The maximum Gasteiger partial charge on any atom is 0.316 e. The highest BCUT2D eigenvalue weighted by atomic mass is 32.2. The number of benzene rings is 1. The average Bonchev–Trinajstić information content (AvgIpc) is 3.21. The highest BCUT2D eigenvalue weighted by molar-refractivity contribution is 7.99. The normalized spacial score (nSPS) is 12.4. The van der Waals surface area contributed by atoms with E-state index in [1.165, 1.54) is 0 Å². The van der Waals surface area contributed by atoms with Crippen LogP contribution in [0.1, 0.15) is 24.4 Å². The molecule has 24 heavy (non-hydrogen) atoms. The van der Waals surface area contributed by atoms with Gasteiger partial charge in [-0.25, -0.2) is 0 Å². The van der Waals surface area contributed by atoms with Crippen molar-refractivity contribution >= 4 is 28.6 Å². The van der Waals surface area contributed by atoms with Gasteiger partial charge in [-0.2, -0.15) is 0 Å². The van der Waals surface area contributed by atoms with Crippen molar-refractivity contribution in [1.82, 2.24) is 15.2 Å². The second-order valence-corrected chi connectivity index (χ2v) is 6.10. The Bertz CT molecular complexity index is 829. The second kappa shape index (κ2) is 7.50. The number of ether oxygens (including phenoxy) is 1. The second-order valence-electron chi connectivity index (χ2n) is 5.17. The van der Waals surface area contributed by atoms with Crippen molar-refractivity contribution < 1.29 is 13.9 Å². The molecule has 2 aromatic heterocycles. The van der Waals surface area contributed by atoms with Crippen LogP contribution in [0.3, 0.4) is 0 Å². The van der Waals surface area contributed by atoms with Gasteiger partial charge in [0.05, 0.1) is 12.6 Å². The monoisotopic (exact) mass is 346 g/mol. The lowest BCUT2D eigenvalue weighted by Crippen LogP contribution is -2.13. The third kappa shape index (κ3) is 3.77. The number of nitrogens with one attached hydrogen (secondary N) is 1. The minimum atomic E-state index is -0.409. The van der Waals surface area contributed by atoms with E-state index in [9.17, 15) is 4.79 Å². The summed E-state index contributed by atoms with van der Waals surface area (Å²) >= 11 is 1.14. The van der Waals surface area contributed by atoms with Gasteiger partial charge < -0.3 is 19.9 Å². The molecule has 1 atom stereocenters. The fraction of sp³-hybridized carbons (Fsp3) is 0.312. The molecule has 1 aromatic carbocycles. The van der Waals surface area contributed by atoms with Crippen LogP contribution in [0.4, 0.5) is 0 Å². The van der Waals surface area contributed by atoms with E-state index in [1.54, 1.807) is 6.92 Å². The molecule has 8 heteroatoms. The van der Waals surface area contributed by atoms with E-state index in [4.69, 9.17) is 14.9 Å². The number of hydrogen-bond acceptors (Lipinski definition) is 7. The molecule has 0 saturated carbocycles. The average molecular weight is 346 g/mol. The summed E-state index contributed by atoms with van der Waals surface area (Å²) in [5.41, 5.74) is 8.34. The lowest BCUT2D eigenvalue weighted by atomic mass is 10.1. The number of esters is 1. The van der Waals surface area contributed by atoms with E-state index in [-0.39, 0.29) is 11.7 Å². The molecule has 0 aliphatic carbocycles. The van der Waals surface area contributed by atoms with Crippen LogP contribution in [-0.2, 0) is 16.0 Å². The van der Waals surface area contributed by atoms with Gasteiger partial charge in [0.1, 0.15) is 5.75 Å². The van der Waals surface area contributed by atoms with E-state index in [2.05, 4.69) is 15.2 Å². The first-order valence-corrected chi connectivity index (χ1v) is 8.58. The number of aromatic nitrogens is 3. The number of carbonyl (C=O) groups excluding carboxylic acids is 1. The van der Waals surface area contributed by atoms with Crippen molar-refractivity contribution in [2.45, 2.75) is 24.6 Å². The minimum Gasteiger partial charge on any atom is -0.465 e. The number of thioether (sulfide) groups is 1. The number of nitrogens with zero attached hydrogens (tertiary/aromatic N) is 2. The lowest BCUT2D eigenvalue weighted by molar-refractivity contribution is -0.139. The fourth-order valence-electron chi connectivity index (χ4n) is 2.38. The predicted octanol–water partition coefficient (Wildman–Crippen LogP) is 2.45. The first kappa shape index (κ1) is 16.5. The summed E-state index contributed by atoms with van der Waals surface area (Å²) in [5, 5.41) is 9.33. The molecule has 0 amide bonds. The van der Waals surface area contributed by atoms with Gasteiger partial charge in [-0.3, -0.25) is 4.79 Å². The van der Waals surface area contributed by atoms with Crippen LogP contribution in [0.25, 0.3) is 10.9 Å². The molecule has 0 aliphatic heterocycles. The summed E-state index contributed by atoms with van der Waals surface area (Å²) in [6, 6.07) is 7.62. The molecular weight excluding hydrogens is 328 g/mol. The van der Waals surface area contributed by atoms with Gasteiger partial charge in [0.25, 0.3) is 5.22 Å². The summed E-state index contributed by atoms with van der Waals surface area (Å²) < 4.78 is 10.4. The van der Waals surface area contributed by atoms with Gasteiger partial charge in [0.15, 0.2) is 0 Å². The summed E-state index contributed by atoms with van der Waals surface area (Å²) in [6.45, 7) is 2.11. The molecule has 0 bridgehead atoms. The Morgan fingerprint density at radius 2 is 2.25 bits per heavy atom. The Kier molecular flexibility index (Phi) is 5.17. The van der Waals surface area contributed by atoms with Crippen molar-refractivity contribution in [3.8, 4) is 0 Å². The summed E-state index contributed by atoms with van der Waals surface area (Å²) in [7, 11) is 0. The molecule has 1 unspecified atom stereocenters. The van der Waals surface area contributed by atoms with Crippen LogP contribution in [0.5, 0.6) is 0 Å². The van der Waals surface area contributed by atoms with E-state index >= 15 is 0 Å². The zero-order chi connectivity index (χ0) is 16.9.